The first-order chi connectivity index (χ1) is 9.83. The van der Waals surface area contributed by atoms with E-state index in [2.05, 4.69) is 12.2 Å². The number of allylic oxidation sites excluding steroid dienone is 2. The third-order valence-corrected chi connectivity index (χ3v) is 4.10. The number of carboxylic acid groups (broad SMARTS) is 2. The zero-order valence-corrected chi connectivity index (χ0v) is 17.2. The van der Waals surface area contributed by atoms with Crippen LogP contribution in [0.15, 0.2) is 12.2 Å². The van der Waals surface area contributed by atoms with Gasteiger partial charge in [0.1, 0.15) is 6.04 Å². The number of aliphatic hydroxyl groups excluding tert-OH is 1. The first-order valence-corrected chi connectivity index (χ1v) is 7.39. The number of nitrogens with zero attached hydrogens (tertiary/aromatic N) is 1. The molecule has 122 valence electrons. The number of rotatable bonds is 11. The molecule has 0 aromatic rings. The summed E-state index contributed by atoms with van der Waals surface area (Å²) in [5.74, 6) is -2.47. The van der Waals surface area contributed by atoms with Gasteiger partial charge in [-0.2, -0.15) is 0 Å². The van der Waals surface area contributed by atoms with E-state index in [1.165, 1.54) is 13.8 Å². The number of carbonyl (C=O) groups excluding carboxylic acids is 1. The molecule has 22 heavy (non-hydrogen) atoms. The Morgan fingerprint density at radius 1 is 1.18 bits per heavy atom. The van der Waals surface area contributed by atoms with Crippen LogP contribution in [-0.2, 0) is 9.59 Å². The summed E-state index contributed by atoms with van der Waals surface area (Å²) in [6.07, 6.45) is 7.40. The van der Waals surface area contributed by atoms with Gasteiger partial charge >= 0.3 is 57.4 Å². The van der Waals surface area contributed by atoms with Crippen LogP contribution in [0.25, 0.3) is 0 Å². The first-order valence-electron chi connectivity index (χ1n) is 7.39. The van der Waals surface area contributed by atoms with Gasteiger partial charge in [-0.3, -0.25) is 4.48 Å². The molecule has 7 heteroatoms. The Hall–Kier alpha value is 0.236. The molecule has 3 atom stereocenters. The van der Waals surface area contributed by atoms with Crippen molar-refractivity contribution in [3.05, 3.63) is 12.2 Å². The van der Waals surface area contributed by atoms with Gasteiger partial charge < -0.3 is 20.1 Å². The number of carboxylic acids is 2. The third-order valence-electron chi connectivity index (χ3n) is 4.10. The Balaban J connectivity index is 0. The zero-order valence-electron chi connectivity index (χ0n) is 14.1. The van der Waals surface area contributed by atoms with E-state index in [0.29, 0.717) is 13.0 Å². The van der Waals surface area contributed by atoms with E-state index in [0.717, 1.165) is 19.3 Å². The van der Waals surface area contributed by atoms with Gasteiger partial charge in [-0.15, -0.1) is 0 Å². The molecular weight excluding hydrogens is 313 g/mol. The molecule has 3 unspecified atom stereocenters. The van der Waals surface area contributed by atoms with Crippen LogP contribution in [0.5, 0.6) is 0 Å². The van der Waals surface area contributed by atoms with Crippen LogP contribution in [0, 0.1) is 0 Å². The maximum Gasteiger partial charge on any atom is 1.00 e. The quantitative estimate of drug-likeness (QED) is 0.143. The van der Waals surface area contributed by atoms with Crippen LogP contribution in [0.2, 0.25) is 0 Å². The molecule has 0 aliphatic heterocycles. The molecule has 0 aliphatic rings. The summed E-state index contributed by atoms with van der Waals surface area (Å²) in [5, 5.41) is 30.0. The second-order valence-electron chi connectivity index (χ2n) is 5.35. The molecule has 0 aromatic heterocycles. The van der Waals surface area contributed by atoms with Crippen molar-refractivity contribution < 1.29 is 80.8 Å². The fourth-order valence-corrected chi connectivity index (χ4v) is 2.42. The van der Waals surface area contributed by atoms with E-state index in [9.17, 15) is 24.9 Å². The summed E-state index contributed by atoms with van der Waals surface area (Å²) in [5.41, 5.74) is 0. The monoisotopic (exact) mass is 340 g/mol. The van der Waals surface area contributed by atoms with Crippen molar-refractivity contribution in [2.75, 3.05) is 13.3 Å². The normalized spacial score (nSPS) is 16.5. The molecule has 0 saturated carbocycles. The average molecular weight is 340 g/mol. The fraction of sp³-hybridized carbons (Fsp3) is 0.733. The number of aliphatic carboxylic acids is 2. The van der Waals surface area contributed by atoms with Gasteiger partial charge in [-0.25, -0.2) is 4.79 Å². The van der Waals surface area contributed by atoms with Crippen molar-refractivity contribution in [1.29, 1.82) is 0 Å². The fourth-order valence-electron chi connectivity index (χ4n) is 2.42. The van der Waals surface area contributed by atoms with Crippen LogP contribution < -0.4 is 56.5 Å². The summed E-state index contributed by atoms with van der Waals surface area (Å²) >= 11 is 0. The first kappa shape index (κ1) is 24.5. The van der Waals surface area contributed by atoms with Crippen LogP contribution in [0.4, 0.5) is 0 Å². The summed E-state index contributed by atoms with van der Waals surface area (Å²) in [4.78, 5) is 22.4. The smallest absolute Gasteiger partial charge is 0.544 e. The van der Waals surface area contributed by atoms with Crippen molar-refractivity contribution in [2.24, 2.45) is 0 Å². The summed E-state index contributed by atoms with van der Waals surface area (Å²) in [6, 6.07) is -2.08. The average Bonchev–Trinajstić information content (AvgIpc) is 2.45. The van der Waals surface area contributed by atoms with Crippen LogP contribution in [-0.4, -0.2) is 52.0 Å². The molecule has 0 saturated heterocycles. The number of carbonyl (C=O) groups is 2. The van der Waals surface area contributed by atoms with Gasteiger partial charge in [0.05, 0.1) is 12.5 Å². The van der Waals surface area contributed by atoms with Gasteiger partial charge in [0.25, 0.3) is 0 Å². The standard InChI is InChI=1S/C15H27NO5.K/c1-4-5-6-7-8-9-10-16(11-17,12(2)14(18)19)13(3)15(20)21;/h5-6,12-13,17H,4,7-11H2,1-3H3,(H-,18,19,20,21);/q;+1/b6-5+;. The minimum absolute atomic E-state index is 0. The Morgan fingerprint density at radius 2 is 1.77 bits per heavy atom. The Kier molecular flexibility index (Phi) is 14.1. The van der Waals surface area contributed by atoms with Gasteiger partial charge in [0, 0.05) is 0 Å². The summed E-state index contributed by atoms with van der Waals surface area (Å²) < 4.78 is -0.408. The van der Waals surface area contributed by atoms with Crippen molar-refractivity contribution in [2.45, 2.75) is 58.5 Å². The molecule has 0 bridgehead atoms. The Morgan fingerprint density at radius 3 is 2.18 bits per heavy atom. The van der Waals surface area contributed by atoms with E-state index >= 15 is 0 Å². The topological polar surface area (TPSA) is 97.7 Å². The minimum atomic E-state index is -1.34. The summed E-state index contributed by atoms with van der Waals surface area (Å²) in [6.45, 7) is 4.61. The molecule has 0 rings (SSSR count). The van der Waals surface area contributed by atoms with E-state index in [1.807, 2.05) is 6.92 Å². The van der Waals surface area contributed by atoms with Gasteiger partial charge in [-0.05, 0) is 39.5 Å². The maximum atomic E-state index is 11.3. The van der Waals surface area contributed by atoms with Crippen LogP contribution >= 0.6 is 0 Å². The zero-order chi connectivity index (χ0) is 16.5. The molecule has 0 aliphatic carbocycles. The molecule has 0 spiro atoms. The second-order valence-corrected chi connectivity index (χ2v) is 5.35. The van der Waals surface area contributed by atoms with E-state index in [1.54, 1.807) is 0 Å². The van der Waals surface area contributed by atoms with Gasteiger partial charge in [0.2, 0.25) is 0 Å². The number of hydrogen-bond donors (Lipinski definition) is 2. The number of unbranched alkanes of at least 4 members (excludes halogenated alkanes) is 2. The largest absolute Gasteiger partial charge is 1.00 e. The van der Waals surface area contributed by atoms with E-state index < -0.39 is 35.2 Å². The molecule has 0 aromatic carbocycles. The SMILES string of the molecule is CC/C=C/CCCC[N+](CO)(C(C)C(=O)[O-])C(C)C(=O)O.[K+]. The van der Waals surface area contributed by atoms with Gasteiger partial charge in [-0.1, -0.05) is 19.1 Å². The number of aliphatic hydroxyl groups is 1. The second kappa shape index (κ2) is 12.6. The number of quaternary nitrogens is 1. The van der Waals surface area contributed by atoms with Crippen molar-refractivity contribution in [3.63, 3.8) is 0 Å². The van der Waals surface area contributed by atoms with Crippen LogP contribution in [0.1, 0.15) is 46.5 Å². The Labute approximate surface area is 175 Å². The molecule has 0 fully saturated rings. The maximum absolute atomic E-state index is 11.3. The van der Waals surface area contributed by atoms with Crippen molar-refractivity contribution in [3.8, 4) is 0 Å². The molecule has 0 amide bonds. The Bertz CT molecular complexity index is 353. The number of hydrogen-bond acceptors (Lipinski definition) is 4. The van der Waals surface area contributed by atoms with Crippen molar-refractivity contribution in [1.82, 2.24) is 0 Å². The van der Waals surface area contributed by atoms with E-state index in [4.69, 9.17) is 0 Å². The van der Waals surface area contributed by atoms with Gasteiger partial charge in [0.15, 0.2) is 12.8 Å². The predicted octanol–water partition coefficient (Wildman–Crippen LogP) is -2.49. The molecule has 6 nitrogen and oxygen atoms in total. The van der Waals surface area contributed by atoms with Crippen molar-refractivity contribution >= 4 is 11.9 Å². The molecule has 0 radical (unpaired) electrons. The molecule has 2 N–H and O–H groups in total. The third kappa shape index (κ3) is 7.21. The molecule has 0 heterocycles. The van der Waals surface area contributed by atoms with E-state index in [-0.39, 0.29) is 51.4 Å². The molecular formula is C15H27KNO5+. The predicted molar refractivity (Wildman–Crippen MR) is 77.1 cm³/mol. The van der Waals surface area contributed by atoms with Crippen LogP contribution in [0.3, 0.4) is 0 Å². The summed E-state index contributed by atoms with van der Waals surface area (Å²) in [7, 11) is 0. The minimum Gasteiger partial charge on any atom is -0.544 e.